The van der Waals surface area contributed by atoms with Crippen LogP contribution in [0.5, 0.6) is 0 Å². The van der Waals surface area contributed by atoms with Crippen LogP contribution in [0.2, 0.25) is 0 Å². The first-order valence-corrected chi connectivity index (χ1v) is 9.29. The lowest BCUT2D eigenvalue weighted by Gasteiger charge is -2.22. The fourth-order valence-electron chi connectivity index (χ4n) is 2.55. The number of carbonyl (C=O) groups excluding carboxylic acids is 1. The summed E-state index contributed by atoms with van der Waals surface area (Å²) in [6.45, 7) is 6.57. The molecule has 0 radical (unpaired) electrons. The number of aryl methyl sites for hydroxylation is 2. The van der Waals surface area contributed by atoms with Gasteiger partial charge < -0.3 is 10.4 Å². The molecule has 0 aliphatic heterocycles. The van der Waals surface area contributed by atoms with E-state index in [0.29, 0.717) is 17.9 Å². The van der Waals surface area contributed by atoms with Gasteiger partial charge in [0.1, 0.15) is 0 Å². The maximum atomic E-state index is 12.3. The number of hydrogen-bond donors (Lipinski definition) is 2. The Labute approximate surface area is 147 Å². The van der Waals surface area contributed by atoms with Crippen molar-refractivity contribution in [2.45, 2.75) is 32.9 Å². The molecule has 1 heterocycles. The minimum Gasteiger partial charge on any atom is -0.387 e. The maximum Gasteiger partial charge on any atom is 0.251 e. The Kier molecular flexibility index (Phi) is 6.07. The first-order chi connectivity index (χ1) is 11.3. The van der Waals surface area contributed by atoms with Crippen LogP contribution < -0.4 is 5.32 Å². The highest BCUT2D eigenvalue weighted by Crippen LogP contribution is 2.12. The zero-order valence-electron chi connectivity index (χ0n) is 14.7. The number of aromatic nitrogens is 2. The molecule has 2 aromatic rings. The number of thioether (sulfide) groups is 1. The van der Waals surface area contributed by atoms with Gasteiger partial charge in [-0.15, -0.1) is 0 Å². The van der Waals surface area contributed by atoms with Crippen molar-refractivity contribution in [3.63, 3.8) is 0 Å². The van der Waals surface area contributed by atoms with Crippen LogP contribution in [0, 0.1) is 13.8 Å². The van der Waals surface area contributed by atoms with Gasteiger partial charge in [0.15, 0.2) is 0 Å². The van der Waals surface area contributed by atoms with Crippen LogP contribution in [0.3, 0.4) is 0 Å². The third-order valence-electron chi connectivity index (χ3n) is 3.71. The molecule has 5 nitrogen and oxygen atoms in total. The summed E-state index contributed by atoms with van der Waals surface area (Å²) >= 11 is 1.55. The average molecular weight is 347 g/mol. The van der Waals surface area contributed by atoms with E-state index in [1.54, 1.807) is 24.8 Å². The number of nitrogens with zero attached hydrogens (tertiary/aromatic N) is 2. The fourth-order valence-corrected chi connectivity index (χ4v) is 3.28. The zero-order valence-corrected chi connectivity index (χ0v) is 15.5. The maximum absolute atomic E-state index is 12.3. The molecular weight excluding hydrogens is 322 g/mol. The lowest BCUT2D eigenvalue weighted by Crippen LogP contribution is -2.42. The highest BCUT2D eigenvalue weighted by atomic mass is 32.2. The molecule has 1 atom stereocenters. The van der Waals surface area contributed by atoms with Gasteiger partial charge in [0.25, 0.3) is 5.91 Å². The van der Waals surface area contributed by atoms with Crippen molar-refractivity contribution in [1.29, 1.82) is 0 Å². The smallest absolute Gasteiger partial charge is 0.251 e. The molecule has 1 aromatic heterocycles. The first-order valence-electron chi connectivity index (χ1n) is 7.90. The van der Waals surface area contributed by atoms with Gasteiger partial charge in [-0.1, -0.05) is 12.1 Å². The number of rotatable bonds is 7. The predicted molar refractivity (Wildman–Crippen MR) is 98.6 cm³/mol. The zero-order chi connectivity index (χ0) is 17.7. The molecule has 0 aliphatic carbocycles. The van der Waals surface area contributed by atoms with E-state index >= 15 is 0 Å². The number of aliphatic hydroxyl groups is 1. The highest BCUT2D eigenvalue weighted by Gasteiger charge is 2.20. The normalized spacial score (nSPS) is 13.5. The van der Waals surface area contributed by atoms with E-state index < -0.39 is 5.60 Å². The number of benzene rings is 1. The van der Waals surface area contributed by atoms with Crippen molar-refractivity contribution in [2.75, 3.05) is 18.6 Å². The Morgan fingerprint density at radius 2 is 2.12 bits per heavy atom. The molecule has 2 N–H and O–H groups in total. The van der Waals surface area contributed by atoms with E-state index in [1.165, 1.54) is 0 Å². The van der Waals surface area contributed by atoms with Crippen molar-refractivity contribution in [1.82, 2.24) is 15.1 Å². The van der Waals surface area contributed by atoms with Gasteiger partial charge in [0.05, 0.1) is 17.8 Å². The van der Waals surface area contributed by atoms with Crippen LogP contribution in [0.1, 0.15) is 34.2 Å². The number of amides is 1. The Balaban J connectivity index is 2.04. The Morgan fingerprint density at radius 3 is 2.75 bits per heavy atom. The van der Waals surface area contributed by atoms with Gasteiger partial charge in [-0.2, -0.15) is 16.9 Å². The number of hydrogen-bond acceptors (Lipinski definition) is 4. The minimum atomic E-state index is -0.906. The summed E-state index contributed by atoms with van der Waals surface area (Å²) in [4.78, 5) is 12.3. The molecule has 2 rings (SSSR count). The van der Waals surface area contributed by atoms with Gasteiger partial charge in [-0.3, -0.25) is 9.48 Å². The largest absolute Gasteiger partial charge is 0.387 e. The molecule has 1 unspecified atom stereocenters. The Morgan fingerprint density at radius 1 is 1.38 bits per heavy atom. The van der Waals surface area contributed by atoms with Crippen molar-refractivity contribution in [3.8, 4) is 0 Å². The monoisotopic (exact) mass is 347 g/mol. The van der Waals surface area contributed by atoms with Crippen LogP contribution in [0.25, 0.3) is 0 Å². The summed E-state index contributed by atoms with van der Waals surface area (Å²) in [5.74, 6) is 0.400. The van der Waals surface area contributed by atoms with Gasteiger partial charge in [-0.25, -0.2) is 0 Å². The quantitative estimate of drug-likeness (QED) is 0.807. The second-order valence-corrected chi connectivity index (χ2v) is 7.26. The molecule has 0 fully saturated rings. The van der Waals surface area contributed by atoms with E-state index in [-0.39, 0.29) is 12.5 Å². The molecule has 1 amide bonds. The van der Waals surface area contributed by atoms with E-state index in [0.717, 1.165) is 17.0 Å². The van der Waals surface area contributed by atoms with Crippen LogP contribution in [0.15, 0.2) is 30.3 Å². The second kappa shape index (κ2) is 7.85. The Bertz CT molecular complexity index is 710. The standard InChI is InChI=1S/C18H25N3O2S/c1-13-8-14(2)21(20-13)10-15-6-5-7-16(9-15)17(22)19-11-18(3,23)12-24-4/h5-9,23H,10-12H2,1-4H3,(H,19,22). The molecule has 1 aromatic carbocycles. The third-order valence-corrected chi connectivity index (χ3v) is 4.62. The van der Waals surface area contributed by atoms with Gasteiger partial charge in [0, 0.05) is 23.6 Å². The topological polar surface area (TPSA) is 67.2 Å². The van der Waals surface area contributed by atoms with E-state index in [2.05, 4.69) is 10.4 Å². The van der Waals surface area contributed by atoms with Crippen LogP contribution in [-0.4, -0.2) is 44.9 Å². The Hall–Kier alpha value is -1.79. The average Bonchev–Trinajstić information content (AvgIpc) is 2.83. The van der Waals surface area contributed by atoms with Crippen molar-refractivity contribution in [3.05, 3.63) is 52.8 Å². The van der Waals surface area contributed by atoms with Gasteiger partial charge >= 0.3 is 0 Å². The van der Waals surface area contributed by atoms with Crippen LogP contribution in [-0.2, 0) is 6.54 Å². The molecule has 0 spiro atoms. The van der Waals surface area contributed by atoms with E-state index in [1.807, 2.05) is 49.1 Å². The van der Waals surface area contributed by atoms with E-state index in [4.69, 9.17) is 0 Å². The lowest BCUT2D eigenvalue weighted by atomic mass is 10.1. The molecule has 0 saturated heterocycles. The van der Waals surface area contributed by atoms with E-state index in [9.17, 15) is 9.90 Å². The van der Waals surface area contributed by atoms with Crippen molar-refractivity contribution >= 4 is 17.7 Å². The molecule has 24 heavy (non-hydrogen) atoms. The summed E-state index contributed by atoms with van der Waals surface area (Å²) in [5, 5.41) is 17.4. The molecule has 0 aliphatic rings. The lowest BCUT2D eigenvalue weighted by molar-refractivity contribution is 0.0725. The van der Waals surface area contributed by atoms with Crippen LogP contribution >= 0.6 is 11.8 Å². The van der Waals surface area contributed by atoms with Crippen molar-refractivity contribution < 1.29 is 9.90 Å². The SMILES string of the molecule is CSCC(C)(O)CNC(=O)c1cccc(Cn2nc(C)cc2C)c1. The molecule has 130 valence electrons. The summed E-state index contributed by atoms with van der Waals surface area (Å²) in [6, 6.07) is 9.54. The summed E-state index contributed by atoms with van der Waals surface area (Å²) < 4.78 is 1.93. The predicted octanol–water partition coefficient (Wildman–Crippen LogP) is 2.39. The van der Waals surface area contributed by atoms with Gasteiger partial charge in [-0.05, 0) is 50.8 Å². The summed E-state index contributed by atoms with van der Waals surface area (Å²) in [5.41, 5.74) is 2.78. The second-order valence-electron chi connectivity index (χ2n) is 6.40. The molecule has 0 bridgehead atoms. The van der Waals surface area contributed by atoms with Crippen molar-refractivity contribution in [2.24, 2.45) is 0 Å². The molecule has 0 saturated carbocycles. The third kappa shape index (κ3) is 5.11. The highest BCUT2D eigenvalue weighted by molar-refractivity contribution is 7.98. The fraction of sp³-hybridized carbons (Fsp3) is 0.444. The first kappa shape index (κ1) is 18.5. The molecule has 6 heteroatoms. The minimum absolute atomic E-state index is 0.174. The van der Waals surface area contributed by atoms with Gasteiger partial charge in [0.2, 0.25) is 0 Å². The number of nitrogens with one attached hydrogen (secondary N) is 1. The summed E-state index contributed by atoms with van der Waals surface area (Å²) in [7, 11) is 0. The summed E-state index contributed by atoms with van der Waals surface area (Å²) in [6.07, 6.45) is 1.93. The van der Waals surface area contributed by atoms with Crippen LogP contribution in [0.4, 0.5) is 0 Å². The molecular formula is C18H25N3O2S. The number of carbonyl (C=O) groups is 1.